The number of aromatic nitrogens is 2. The fourth-order valence-corrected chi connectivity index (χ4v) is 2.31. The quantitative estimate of drug-likeness (QED) is 0.801. The number of rotatable bonds is 5. The lowest BCUT2D eigenvalue weighted by Gasteiger charge is -2.17. The summed E-state index contributed by atoms with van der Waals surface area (Å²) in [5.74, 6) is 0.0658. The largest absolute Gasteiger partial charge is 0.447 e. The van der Waals surface area contributed by atoms with Gasteiger partial charge in [0.15, 0.2) is 0 Å². The third-order valence-corrected chi connectivity index (χ3v) is 3.44. The number of nitrogens with zero attached hydrogens (tertiary/aromatic N) is 3. The number of carbonyl (C=O) groups is 2. The average molecular weight is 310 g/mol. The number of hydrogen-bond acceptors (Lipinski definition) is 5. The molecule has 22 heavy (non-hydrogen) atoms. The van der Waals surface area contributed by atoms with E-state index in [2.05, 4.69) is 10.4 Å². The van der Waals surface area contributed by atoms with Crippen molar-refractivity contribution in [2.24, 2.45) is 0 Å². The van der Waals surface area contributed by atoms with Crippen LogP contribution in [0.3, 0.4) is 0 Å². The number of nitrogens with one attached hydrogen (secondary N) is 1. The summed E-state index contributed by atoms with van der Waals surface area (Å²) in [5, 5.41) is 7.10. The van der Waals surface area contributed by atoms with Gasteiger partial charge < -0.3 is 19.7 Å². The van der Waals surface area contributed by atoms with Gasteiger partial charge in [-0.3, -0.25) is 9.48 Å². The van der Waals surface area contributed by atoms with Gasteiger partial charge in [-0.05, 0) is 12.5 Å². The Balaban J connectivity index is 1.88. The lowest BCUT2D eigenvalue weighted by molar-refractivity contribution is -0.129. The second kappa shape index (κ2) is 7.79. The van der Waals surface area contributed by atoms with Crippen molar-refractivity contribution < 1.29 is 19.1 Å². The van der Waals surface area contributed by atoms with E-state index in [1.165, 1.54) is 0 Å². The third kappa shape index (κ3) is 4.45. The number of carbonyl (C=O) groups excluding carboxylic acids is 2. The molecule has 1 aliphatic rings. The van der Waals surface area contributed by atoms with Gasteiger partial charge in [0, 0.05) is 27.1 Å². The van der Waals surface area contributed by atoms with Crippen molar-refractivity contribution >= 4 is 12.0 Å². The summed E-state index contributed by atoms with van der Waals surface area (Å²) in [6, 6.07) is 1.91. The third-order valence-electron chi connectivity index (χ3n) is 3.44. The van der Waals surface area contributed by atoms with E-state index in [0.29, 0.717) is 19.7 Å². The molecule has 0 fully saturated rings. The van der Waals surface area contributed by atoms with Crippen LogP contribution in [0.2, 0.25) is 0 Å². The number of amides is 2. The monoisotopic (exact) mass is 310 g/mol. The van der Waals surface area contributed by atoms with Crippen LogP contribution in [-0.4, -0.2) is 53.5 Å². The normalized spacial score (nSPS) is 14.2. The second-order valence-corrected chi connectivity index (χ2v) is 5.13. The maximum absolute atomic E-state index is 11.5. The van der Waals surface area contributed by atoms with Crippen LogP contribution in [0.5, 0.6) is 0 Å². The van der Waals surface area contributed by atoms with E-state index >= 15 is 0 Å². The molecular weight excluding hydrogens is 288 g/mol. The molecular formula is C14H22N4O4. The van der Waals surface area contributed by atoms with Crippen molar-refractivity contribution in [3.05, 3.63) is 17.5 Å². The molecule has 0 spiro atoms. The molecule has 0 aliphatic carbocycles. The fraction of sp³-hybridized carbons (Fsp3) is 0.643. The molecule has 1 aliphatic heterocycles. The molecule has 8 nitrogen and oxygen atoms in total. The molecule has 0 aromatic carbocycles. The number of hydrogen-bond donors (Lipinski definition) is 1. The molecule has 8 heteroatoms. The highest BCUT2D eigenvalue weighted by Crippen LogP contribution is 2.13. The fourth-order valence-electron chi connectivity index (χ4n) is 2.31. The first-order valence-electron chi connectivity index (χ1n) is 7.31. The first-order chi connectivity index (χ1) is 10.6. The van der Waals surface area contributed by atoms with Gasteiger partial charge >= 0.3 is 6.09 Å². The van der Waals surface area contributed by atoms with Crippen molar-refractivity contribution in [1.82, 2.24) is 20.0 Å². The first-order valence-corrected chi connectivity index (χ1v) is 7.31. The predicted octanol–water partition coefficient (Wildman–Crippen LogP) is 0.508. The van der Waals surface area contributed by atoms with Crippen LogP contribution in [0.25, 0.3) is 0 Å². The minimum atomic E-state index is -0.495. The van der Waals surface area contributed by atoms with Gasteiger partial charge in [0.2, 0.25) is 5.91 Å². The molecule has 0 bridgehead atoms. The molecule has 1 aromatic rings. The van der Waals surface area contributed by atoms with Crippen LogP contribution in [0.1, 0.15) is 24.7 Å². The standard InChI is InChI=1S/C14H22N4O4/c1-11(19)17-4-3-5-18-13(10-17)8-12(16-18)9-15-14(20)22-7-6-21-2/h8H,3-7,9-10H2,1-2H3,(H,15,20). The summed E-state index contributed by atoms with van der Waals surface area (Å²) in [4.78, 5) is 24.8. The molecule has 0 radical (unpaired) electrons. The molecule has 122 valence electrons. The smallest absolute Gasteiger partial charge is 0.407 e. The minimum absolute atomic E-state index is 0.0658. The summed E-state index contributed by atoms with van der Waals surface area (Å²) in [6.07, 6.45) is 0.380. The van der Waals surface area contributed by atoms with E-state index in [1.54, 1.807) is 18.9 Å². The summed E-state index contributed by atoms with van der Waals surface area (Å²) < 4.78 is 11.6. The Bertz CT molecular complexity index is 529. The first kappa shape index (κ1) is 16.3. The van der Waals surface area contributed by atoms with Crippen molar-refractivity contribution in [2.45, 2.75) is 33.0 Å². The summed E-state index contributed by atoms with van der Waals surface area (Å²) >= 11 is 0. The molecule has 0 saturated heterocycles. The summed E-state index contributed by atoms with van der Waals surface area (Å²) in [7, 11) is 1.55. The Morgan fingerprint density at radius 1 is 1.36 bits per heavy atom. The molecule has 2 heterocycles. The van der Waals surface area contributed by atoms with Crippen LogP contribution in [0, 0.1) is 0 Å². The lowest BCUT2D eigenvalue weighted by atomic mass is 10.3. The SMILES string of the molecule is COCCOC(=O)NCc1cc2n(n1)CCCN(C(C)=O)C2. The Hall–Kier alpha value is -2.09. The maximum Gasteiger partial charge on any atom is 0.407 e. The van der Waals surface area contributed by atoms with E-state index in [4.69, 9.17) is 9.47 Å². The van der Waals surface area contributed by atoms with Gasteiger partial charge in [-0.1, -0.05) is 0 Å². The Kier molecular flexibility index (Phi) is 5.76. The zero-order chi connectivity index (χ0) is 15.9. The molecule has 1 aromatic heterocycles. The summed E-state index contributed by atoms with van der Waals surface area (Å²) in [5.41, 5.74) is 1.74. The van der Waals surface area contributed by atoms with Crippen molar-refractivity contribution in [1.29, 1.82) is 0 Å². The molecule has 0 unspecified atom stereocenters. The number of aryl methyl sites for hydroxylation is 1. The number of fused-ring (bicyclic) bond motifs is 1. The maximum atomic E-state index is 11.5. The Labute approximate surface area is 129 Å². The van der Waals surface area contributed by atoms with Crippen LogP contribution < -0.4 is 5.32 Å². The number of ether oxygens (including phenoxy) is 2. The number of methoxy groups -OCH3 is 1. The predicted molar refractivity (Wildman–Crippen MR) is 78.0 cm³/mol. The molecule has 0 saturated carbocycles. The molecule has 1 N–H and O–H groups in total. The Morgan fingerprint density at radius 2 is 2.18 bits per heavy atom. The van der Waals surface area contributed by atoms with E-state index in [-0.39, 0.29) is 12.5 Å². The number of alkyl carbamates (subject to hydrolysis) is 1. The Morgan fingerprint density at radius 3 is 2.91 bits per heavy atom. The molecule has 0 atom stereocenters. The zero-order valence-corrected chi connectivity index (χ0v) is 13.0. The van der Waals surface area contributed by atoms with Crippen LogP contribution in [-0.2, 0) is 33.9 Å². The van der Waals surface area contributed by atoms with E-state index < -0.39 is 6.09 Å². The van der Waals surface area contributed by atoms with Gasteiger partial charge in [0.1, 0.15) is 6.61 Å². The molecule has 2 amide bonds. The van der Waals surface area contributed by atoms with Gasteiger partial charge in [0.05, 0.1) is 31.1 Å². The second-order valence-electron chi connectivity index (χ2n) is 5.13. The van der Waals surface area contributed by atoms with E-state index in [0.717, 1.165) is 30.9 Å². The van der Waals surface area contributed by atoms with Gasteiger partial charge in [-0.15, -0.1) is 0 Å². The average Bonchev–Trinajstić information content (AvgIpc) is 2.75. The van der Waals surface area contributed by atoms with Crippen LogP contribution in [0.4, 0.5) is 4.79 Å². The lowest BCUT2D eigenvalue weighted by Crippen LogP contribution is -2.28. The molecule has 2 rings (SSSR count). The highest BCUT2D eigenvalue weighted by Gasteiger charge is 2.18. The van der Waals surface area contributed by atoms with Gasteiger partial charge in [-0.25, -0.2) is 4.79 Å². The zero-order valence-electron chi connectivity index (χ0n) is 13.0. The highest BCUT2D eigenvalue weighted by molar-refractivity contribution is 5.73. The summed E-state index contributed by atoms with van der Waals surface area (Å²) in [6.45, 7) is 4.54. The van der Waals surface area contributed by atoms with Crippen LogP contribution >= 0.6 is 0 Å². The van der Waals surface area contributed by atoms with Gasteiger partial charge in [0.25, 0.3) is 0 Å². The topological polar surface area (TPSA) is 85.7 Å². The minimum Gasteiger partial charge on any atom is -0.447 e. The van der Waals surface area contributed by atoms with Crippen molar-refractivity contribution in [3.63, 3.8) is 0 Å². The van der Waals surface area contributed by atoms with Gasteiger partial charge in [-0.2, -0.15) is 5.10 Å². The van der Waals surface area contributed by atoms with Crippen molar-refractivity contribution in [3.8, 4) is 0 Å². The highest BCUT2D eigenvalue weighted by atomic mass is 16.6. The van der Waals surface area contributed by atoms with Crippen molar-refractivity contribution in [2.75, 3.05) is 26.9 Å². The van der Waals surface area contributed by atoms with Crippen LogP contribution in [0.15, 0.2) is 6.07 Å². The van der Waals surface area contributed by atoms with E-state index in [1.807, 2.05) is 10.7 Å². The van der Waals surface area contributed by atoms with E-state index in [9.17, 15) is 9.59 Å².